The SMILES string of the molecule is O=C1NC(=S)N(c2ccc(Cl)cc2)C(=O)C1=Cc1ccc(I)cc1. The molecule has 1 saturated heterocycles. The number of thiocarbonyl (C=S) groups is 1. The van der Waals surface area contributed by atoms with Crippen LogP contribution in [0.4, 0.5) is 5.69 Å². The van der Waals surface area contributed by atoms with Gasteiger partial charge in [0.15, 0.2) is 5.11 Å². The van der Waals surface area contributed by atoms with Crippen molar-refractivity contribution in [1.82, 2.24) is 5.32 Å². The van der Waals surface area contributed by atoms with Crippen molar-refractivity contribution in [3.63, 3.8) is 0 Å². The summed E-state index contributed by atoms with van der Waals surface area (Å²) < 4.78 is 1.07. The van der Waals surface area contributed by atoms with Crippen LogP contribution in [0.2, 0.25) is 5.02 Å². The lowest BCUT2D eigenvalue weighted by Gasteiger charge is -2.28. The minimum Gasteiger partial charge on any atom is -0.298 e. The molecule has 1 heterocycles. The van der Waals surface area contributed by atoms with Gasteiger partial charge in [0, 0.05) is 8.59 Å². The smallest absolute Gasteiger partial charge is 0.270 e. The molecule has 7 heteroatoms. The molecular weight excluding hydrogens is 459 g/mol. The van der Waals surface area contributed by atoms with Crippen molar-refractivity contribution in [3.05, 3.63) is 68.3 Å². The molecule has 2 amide bonds. The molecule has 1 aliphatic rings. The summed E-state index contributed by atoms with van der Waals surface area (Å²) in [4.78, 5) is 26.2. The number of halogens is 2. The van der Waals surface area contributed by atoms with Gasteiger partial charge in [-0.25, -0.2) is 0 Å². The molecule has 0 atom stereocenters. The van der Waals surface area contributed by atoms with Gasteiger partial charge in [-0.05, 0) is 82.8 Å². The van der Waals surface area contributed by atoms with E-state index in [0.29, 0.717) is 10.7 Å². The second kappa shape index (κ2) is 7.00. The summed E-state index contributed by atoms with van der Waals surface area (Å²) in [7, 11) is 0. The first-order chi connectivity index (χ1) is 11.5. The van der Waals surface area contributed by atoms with Crippen LogP contribution in [0, 0.1) is 3.57 Å². The van der Waals surface area contributed by atoms with Gasteiger partial charge in [0.1, 0.15) is 5.57 Å². The highest BCUT2D eigenvalue weighted by Gasteiger charge is 2.34. The number of carbonyl (C=O) groups is 2. The van der Waals surface area contributed by atoms with E-state index in [1.54, 1.807) is 30.3 Å². The summed E-state index contributed by atoms with van der Waals surface area (Å²) in [6.07, 6.45) is 1.55. The van der Waals surface area contributed by atoms with E-state index in [1.165, 1.54) is 4.90 Å². The number of rotatable bonds is 2. The Morgan fingerprint density at radius 2 is 1.67 bits per heavy atom. The molecule has 0 bridgehead atoms. The second-order valence-electron chi connectivity index (χ2n) is 4.99. The van der Waals surface area contributed by atoms with Crippen LogP contribution in [0.5, 0.6) is 0 Å². The van der Waals surface area contributed by atoms with Gasteiger partial charge in [-0.15, -0.1) is 0 Å². The highest BCUT2D eigenvalue weighted by molar-refractivity contribution is 14.1. The molecule has 3 rings (SSSR count). The lowest BCUT2D eigenvalue weighted by atomic mass is 10.1. The van der Waals surface area contributed by atoms with E-state index < -0.39 is 11.8 Å². The summed E-state index contributed by atoms with van der Waals surface area (Å²) in [5.74, 6) is -0.974. The Morgan fingerprint density at radius 3 is 2.29 bits per heavy atom. The summed E-state index contributed by atoms with van der Waals surface area (Å²) in [5.41, 5.74) is 1.33. The molecule has 0 aromatic heterocycles. The number of carbonyl (C=O) groups excluding carboxylic acids is 2. The Hall–Kier alpha value is -1.77. The van der Waals surface area contributed by atoms with E-state index in [-0.39, 0.29) is 10.7 Å². The monoisotopic (exact) mass is 468 g/mol. The second-order valence-corrected chi connectivity index (χ2v) is 7.05. The van der Waals surface area contributed by atoms with E-state index in [4.69, 9.17) is 23.8 Å². The molecule has 0 spiro atoms. The van der Waals surface area contributed by atoms with Gasteiger partial charge in [0.2, 0.25) is 0 Å². The van der Waals surface area contributed by atoms with Crippen molar-refractivity contribution in [1.29, 1.82) is 0 Å². The Balaban J connectivity index is 1.99. The van der Waals surface area contributed by atoms with E-state index in [2.05, 4.69) is 27.9 Å². The van der Waals surface area contributed by atoms with Crippen LogP contribution in [-0.2, 0) is 9.59 Å². The van der Waals surface area contributed by atoms with Crippen LogP contribution in [0.25, 0.3) is 6.08 Å². The Morgan fingerprint density at radius 1 is 1.04 bits per heavy atom. The lowest BCUT2D eigenvalue weighted by Crippen LogP contribution is -2.54. The number of amides is 2. The van der Waals surface area contributed by atoms with Crippen LogP contribution >= 0.6 is 46.4 Å². The number of benzene rings is 2. The molecule has 4 nitrogen and oxygen atoms in total. The normalized spacial score (nSPS) is 16.5. The van der Waals surface area contributed by atoms with Gasteiger partial charge in [-0.2, -0.15) is 0 Å². The lowest BCUT2D eigenvalue weighted by molar-refractivity contribution is -0.122. The highest BCUT2D eigenvalue weighted by Crippen LogP contribution is 2.23. The predicted molar refractivity (Wildman–Crippen MR) is 107 cm³/mol. The van der Waals surface area contributed by atoms with Crippen LogP contribution in [0.1, 0.15) is 5.56 Å². The van der Waals surface area contributed by atoms with Gasteiger partial charge < -0.3 is 0 Å². The third kappa shape index (κ3) is 3.50. The van der Waals surface area contributed by atoms with Gasteiger partial charge in [0.05, 0.1) is 5.69 Å². The maximum atomic E-state index is 12.8. The van der Waals surface area contributed by atoms with Gasteiger partial charge in [-0.3, -0.25) is 19.8 Å². The van der Waals surface area contributed by atoms with Gasteiger partial charge in [0.25, 0.3) is 11.8 Å². The average molecular weight is 469 g/mol. The number of anilines is 1. The zero-order valence-corrected chi connectivity index (χ0v) is 15.9. The number of nitrogens with one attached hydrogen (secondary N) is 1. The Bertz CT molecular complexity index is 863. The summed E-state index contributed by atoms with van der Waals surface area (Å²) >= 11 is 13.2. The molecule has 1 fully saturated rings. The van der Waals surface area contributed by atoms with Crippen LogP contribution < -0.4 is 10.2 Å². The van der Waals surface area contributed by atoms with Crippen molar-refractivity contribution < 1.29 is 9.59 Å². The van der Waals surface area contributed by atoms with Gasteiger partial charge >= 0.3 is 0 Å². The predicted octanol–water partition coefficient (Wildman–Crippen LogP) is 3.78. The number of nitrogens with zero attached hydrogens (tertiary/aromatic N) is 1. The first-order valence-electron chi connectivity index (χ1n) is 6.88. The zero-order chi connectivity index (χ0) is 17.3. The molecule has 2 aromatic carbocycles. The third-order valence-electron chi connectivity index (χ3n) is 3.37. The standard InChI is InChI=1S/C17H10ClIN2O2S/c18-11-3-7-13(8-4-11)21-16(23)14(15(22)20-17(21)24)9-10-1-5-12(19)6-2-10/h1-9H,(H,20,22,24). The van der Waals surface area contributed by atoms with Crippen molar-refractivity contribution in [3.8, 4) is 0 Å². The molecule has 24 heavy (non-hydrogen) atoms. The van der Waals surface area contributed by atoms with Crippen molar-refractivity contribution in [2.45, 2.75) is 0 Å². The molecule has 0 saturated carbocycles. The van der Waals surface area contributed by atoms with E-state index in [1.807, 2.05) is 24.3 Å². The fourth-order valence-electron chi connectivity index (χ4n) is 2.21. The minimum absolute atomic E-state index is 0.0276. The summed E-state index contributed by atoms with van der Waals surface area (Å²) in [5, 5.41) is 3.15. The molecule has 120 valence electrons. The maximum absolute atomic E-state index is 12.8. The Kier molecular flexibility index (Phi) is 4.98. The van der Waals surface area contributed by atoms with Crippen LogP contribution in [0.3, 0.4) is 0 Å². The van der Waals surface area contributed by atoms with Crippen LogP contribution in [0.15, 0.2) is 54.1 Å². The average Bonchev–Trinajstić information content (AvgIpc) is 2.55. The highest BCUT2D eigenvalue weighted by atomic mass is 127. The van der Waals surface area contributed by atoms with Gasteiger partial charge in [-0.1, -0.05) is 23.7 Å². The molecule has 0 aliphatic carbocycles. The first-order valence-corrected chi connectivity index (χ1v) is 8.75. The van der Waals surface area contributed by atoms with Crippen molar-refractivity contribution in [2.24, 2.45) is 0 Å². The quantitative estimate of drug-likeness (QED) is 0.316. The van der Waals surface area contributed by atoms with Crippen molar-refractivity contribution >= 4 is 75.1 Å². The topological polar surface area (TPSA) is 49.4 Å². The number of hydrogen-bond acceptors (Lipinski definition) is 3. The van der Waals surface area contributed by atoms with E-state index in [9.17, 15) is 9.59 Å². The Labute approximate surface area is 162 Å². The van der Waals surface area contributed by atoms with Crippen molar-refractivity contribution in [2.75, 3.05) is 4.90 Å². The molecular formula is C17H10ClIN2O2S. The molecule has 0 radical (unpaired) electrons. The minimum atomic E-state index is -0.506. The molecule has 0 unspecified atom stereocenters. The first kappa shape index (κ1) is 17.1. The summed E-state index contributed by atoms with van der Waals surface area (Å²) in [6, 6.07) is 14.2. The van der Waals surface area contributed by atoms with E-state index >= 15 is 0 Å². The van der Waals surface area contributed by atoms with E-state index in [0.717, 1.165) is 9.13 Å². The fraction of sp³-hybridized carbons (Fsp3) is 0. The third-order valence-corrected chi connectivity index (χ3v) is 4.62. The maximum Gasteiger partial charge on any atom is 0.270 e. The zero-order valence-electron chi connectivity index (χ0n) is 12.1. The fourth-order valence-corrected chi connectivity index (χ4v) is 2.97. The molecule has 1 aliphatic heterocycles. The van der Waals surface area contributed by atoms with Crippen LogP contribution in [-0.4, -0.2) is 16.9 Å². The molecule has 2 aromatic rings. The largest absolute Gasteiger partial charge is 0.298 e. The molecule has 1 N–H and O–H groups in total. The number of hydrogen-bond donors (Lipinski definition) is 1. The summed E-state index contributed by atoms with van der Waals surface area (Å²) in [6.45, 7) is 0.